The molecule has 0 bridgehead atoms. The Bertz CT molecular complexity index is 1120. The number of hydrogen-bond acceptors (Lipinski definition) is 4. The zero-order chi connectivity index (χ0) is 20.5. The molecule has 0 spiro atoms. The van der Waals surface area contributed by atoms with E-state index >= 15 is 0 Å². The molecule has 0 radical (unpaired) electrons. The van der Waals surface area contributed by atoms with Crippen molar-refractivity contribution in [3.8, 4) is 0 Å². The second-order valence-corrected chi connectivity index (χ2v) is 8.32. The molecule has 1 aliphatic rings. The topological polar surface area (TPSA) is 59.8 Å². The van der Waals surface area contributed by atoms with Crippen molar-refractivity contribution in [2.24, 2.45) is 0 Å². The Morgan fingerprint density at radius 2 is 1.93 bits per heavy atom. The first kappa shape index (κ1) is 19.9. The molecular weight excluding hydrogens is 434 g/mol. The lowest BCUT2D eigenvalue weighted by molar-refractivity contribution is 0.0593. The summed E-state index contributed by atoms with van der Waals surface area (Å²) in [5, 5.41) is 0.490. The number of halogens is 1. The van der Waals surface area contributed by atoms with Crippen molar-refractivity contribution in [3.63, 3.8) is 0 Å². The lowest BCUT2D eigenvalue weighted by Gasteiger charge is -2.25. The maximum atomic E-state index is 13.3. The molecule has 3 aromatic rings. The maximum absolute atomic E-state index is 13.3. The number of fused-ring (bicyclic) bond motifs is 2. The average molecular weight is 456 g/mol. The van der Waals surface area contributed by atoms with Crippen LogP contribution in [0.3, 0.4) is 0 Å². The minimum atomic E-state index is -0.477. The molecule has 29 heavy (non-hydrogen) atoms. The van der Waals surface area contributed by atoms with Crippen molar-refractivity contribution in [3.05, 3.63) is 80.1 Å². The third-order valence-electron chi connectivity index (χ3n) is 5.03. The minimum Gasteiger partial charge on any atom is -0.450 e. The largest absolute Gasteiger partial charge is 0.450 e. The first-order valence-corrected chi connectivity index (χ1v) is 10.5. The van der Waals surface area contributed by atoms with Gasteiger partial charge in [-0.25, -0.2) is 0 Å². The molecule has 1 aliphatic heterocycles. The lowest BCUT2D eigenvalue weighted by Crippen LogP contribution is -2.31. The molecule has 1 aromatic heterocycles. The zero-order valence-corrected chi connectivity index (χ0v) is 17.9. The highest BCUT2D eigenvalue weighted by Crippen LogP contribution is 2.38. The molecular formula is C23H22BrNO4. The summed E-state index contributed by atoms with van der Waals surface area (Å²) in [5.41, 5.74) is 1.57. The fourth-order valence-corrected chi connectivity index (χ4v) is 4.19. The number of rotatable bonds is 6. The third-order valence-corrected chi connectivity index (χ3v) is 5.53. The highest BCUT2D eigenvalue weighted by atomic mass is 79.9. The molecule has 0 fully saturated rings. The lowest BCUT2D eigenvalue weighted by atomic mass is 9.98. The van der Waals surface area contributed by atoms with Gasteiger partial charge < -0.3 is 14.1 Å². The molecule has 0 unspecified atom stereocenters. The van der Waals surface area contributed by atoms with Crippen molar-refractivity contribution < 1.29 is 13.9 Å². The van der Waals surface area contributed by atoms with Crippen molar-refractivity contribution in [2.45, 2.75) is 32.4 Å². The van der Waals surface area contributed by atoms with Gasteiger partial charge in [0, 0.05) is 17.6 Å². The molecule has 6 heteroatoms. The summed E-state index contributed by atoms with van der Waals surface area (Å²) in [6.45, 7) is 4.99. The van der Waals surface area contributed by atoms with Crippen molar-refractivity contribution in [2.75, 3.05) is 13.2 Å². The van der Waals surface area contributed by atoms with Crippen LogP contribution in [0.5, 0.6) is 0 Å². The Balaban J connectivity index is 1.81. The fraction of sp³-hybridized carbons (Fsp3) is 0.304. The predicted octanol–water partition coefficient (Wildman–Crippen LogP) is 4.92. The summed E-state index contributed by atoms with van der Waals surface area (Å²) in [7, 11) is 0. The number of para-hydroxylation sites is 1. The second kappa shape index (κ2) is 8.13. The van der Waals surface area contributed by atoms with Crippen molar-refractivity contribution >= 4 is 32.8 Å². The van der Waals surface area contributed by atoms with Gasteiger partial charge in [0.15, 0.2) is 5.43 Å². The molecule has 5 nitrogen and oxygen atoms in total. The number of ether oxygens (including phenoxy) is 1. The van der Waals surface area contributed by atoms with Crippen LogP contribution >= 0.6 is 15.9 Å². The third kappa shape index (κ3) is 3.74. The smallest absolute Gasteiger partial charge is 0.290 e. The van der Waals surface area contributed by atoms with E-state index in [1.54, 1.807) is 29.2 Å². The number of amides is 1. The molecule has 150 valence electrons. The molecule has 2 aromatic carbocycles. The Morgan fingerprint density at radius 1 is 1.14 bits per heavy atom. The molecule has 1 atom stereocenters. The van der Waals surface area contributed by atoms with E-state index in [1.165, 1.54) is 0 Å². The Morgan fingerprint density at radius 3 is 2.69 bits per heavy atom. The summed E-state index contributed by atoms with van der Waals surface area (Å²) in [6.07, 6.45) is 0.812. The number of hydrogen-bond donors (Lipinski definition) is 0. The summed E-state index contributed by atoms with van der Waals surface area (Å²) in [6, 6.07) is 14.3. The van der Waals surface area contributed by atoms with Gasteiger partial charge >= 0.3 is 0 Å². The van der Waals surface area contributed by atoms with E-state index in [2.05, 4.69) is 15.9 Å². The number of carbonyl (C=O) groups excluding carboxylic acids is 1. The van der Waals surface area contributed by atoms with E-state index in [0.717, 1.165) is 10.0 Å². The van der Waals surface area contributed by atoms with Gasteiger partial charge in [-0.15, -0.1) is 0 Å². The van der Waals surface area contributed by atoms with Gasteiger partial charge in [-0.1, -0.05) is 40.2 Å². The molecule has 0 aliphatic carbocycles. The van der Waals surface area contributed by atoms with E-state index < -0.39 is 6.04 Å². The van der Waals surface area contributed by atoms with Gasteiger partial charge in [-0.05, 0) is 50.1 Å². The molecule has 0 saturated heterocycles. The van der Waals surface area contributed by atoms with Gasteiger partial charge in [0.2, 0.25) is 5.76 Å². The van der Waals surface area contributed by atoms with Crippen LogP contribution in [0.1, 0.15) is 48.0 Å². The van der Waals surface area contributed by atoms with Crippen LogP contribution in [0.2, 0.25) is 0 Å². The van der Waals surface area contributed by atoms with Gasteiger partial charge in [0.25, 0.3) is 5.91 Å². The Hall–Kier alpha value is -2.44. The summed E-state index contributed by atoms with van der Waals surface area (Å²) >= 11 is 3.50. The van der Waals surface area contributed by atoms with Crippen LogP contribution in [-0.4, -0.2) is 30.1 Å². The number of nitrogens with zero attached hydrogens (tertiary/aromatic N) is 1. The van der Waals surface area contributed by atoms with Crippen LogP contribution < -0.4 is 5.43 Å². The van der Waals surface area contributed by atoms with Crippen molar-refractivity contribution in [1.29, 1.82) is 0 Å². The van der Waals surface area contributed by atoms with Crippen LogP contribution in [0.25, 0.3) is 11.0 Å². The summed E-state index contributed by atoms with van der Waals surface area (Å²) in [4.78, 5) is 28.3. The highest BCUT2D eigenvalue weighted by Gasteiger charge is 2.42. The van der Waals surface area contributed by atoms with Crippen LogP contribution in [0.4, 0.5) is 0 Å². The summed E-state index contributed by atoms with van der Waals surface area (Å²) in [5.74, 6) is -0.110. The van der Waals surface area contributed by atoms with E-state index in [9.17, 15) is 9.59 Å². The Kier molecular flexibility index (Phi) is 5.56. The standard InChI is InChI=1S/C23H22BrNO4/c1-14(2)28-12-6-11-25-20(15-7-5-8-16(24)13-15)19-21(26)17-9-3-4-10-18(17)29-22(19)23(25)27/h3-5,7-10,13-14,20H,6,11-12H2,1-2H3/t20-/m1/s1. The van der Waals surface area contributed by atoms with E-state index in [-0.39, 0.29) is 23.2 Å². The molecule has 1 amide bonds. The van der Waals surface area contributed by atoms with E-state index in [1.807, 2.05) is 38.1 Å². The maximum Gasteiger partial charge on any atom is 0.290 e. The fourth-order valence-electron chi connectivity index (χ4n) is 3.77. The number of carbonyl (C=O) groups is 1. The highest BCUT2D eigenvalue weighted by molar-refractivity contribution is 9.10. The van der Waals surface area contributed by atoms with Gasteiger partial charge in [0.05, 0.1) is 23.1 Å². The second-order valence-electron chi connectivity index (χ2n) is 7.40. The Labute approximate surface area is 177 Å². The monoisotopic (exact) mass is 455 g/mol. The van der Waals surface area contributed by atoms with Gasteiger partial charge in [-0.3, -0.25) is 9.59 Å². The van der Waals surface area contributed by atoms with Crippen LogP contribution in [-0.2, 0) is 4.74 Å². The summed E-state index contributed by atoms with van der Waals surface area (Å²) < 4.78 is 12.4. The zero-order valence-electron chi connectivity index (χ0n) is 16.4. The predicted molar refractivity (Wildman–Crippen MR) is 115 cm³/mol. The molecule has 4 rings (SSSR count). The number of benzene rings is 2. The normalized spacial score (nSPS) is 16.1. The first-order chi connectivity index (χ1) is 14.0. The first-order valence-electron chi connectivity index (χ1n) is 9.71. The van der Waals surface area contributed by atoms with Gasteiger partial charge in [0.1, 0.15) is 5.58 Å². The molecule has 2 heterocycles. The molecule has 0 N–H and O–H groups in total. The van der Waals surface area contributed by atoms with E-state index in [4.69, 9.17) is 9.15 Å². The van der Waals surface area contributed by atoms with Crippen LogP contribution in [0.15, 0.2) is 62.2 Å². The quantitative estimate of drug-likeness (QED) is 0.495. The van der Waals surface area contributed by atoms with Crippen molar-refractivity contribution in [1.82, 2.24) is 4.90 Å². The minimum absolute atomic E-state index is 0.135. The van der Waals surface area contributed by atoms with Gasteiger partial charge in [-0.2, -0.15) is 0 Å². The van der Waals surface area contributed by atoms with E-state index in [0.29, 0.717) is 36.1 Å². The SMILES string of the molecule is CC(C)OCCCN1C(=O)c2oc3ccccc3c(=O)c2[C@H]1c1cccc(Br)c1. The average Bonchev–Trinajstić information content (AvgIpc) is 2.98. The molecule has 0 saturated carbocycles. The van der Waals surface area contributed by atoms with Crippen LogP contribution in [0, 0.1) is 0 Å².